The van der Waals surface area contributed by atoms with E-state index in [1.54, 1.807) is 13.8 Å². The van der Waals surface area contributed by atoms with Crippen molar-refractivity contribution < 1.29 is 14.1 Å². The largest absolute Gasteiger partial charge is 0.420 e. The maximum absolute atomic E-state index is 11.7. The maximum atomic E-state index is 11.7. The van der Waals surface area contributed by atoms with Gasteiger partial charge in [-0.2, -0.15) is 0 Å². The smallest absolute Gasteiger partial charge is 0.408 e. The fraction of sp³-hybridized carbons (Fsp3) is 0.333. The SMILES string of the molecule is CC(C)NC(=O)Cn1c(=O)oc2ccc([N+](=O)[O-])cc21. The number of nitrogens with one attached hydrogen (secondary N) is 1. The summed E-state index contributed by atoms with van der Waals surface area (Å²) in [5.74, 6) is -1.09. The van der Waals surface area contributed by atoms with Crippen LogP contribution in [0.5, 0.6) is 0 Å². The molecule has 1 N–H and O–H groups in total. The lowest BCUT2D eigenvalue weighted by Gasteiger charge is -2.08. The predicted molar refractivity (Wildman–Crippen MR) is 70.4 cm³/mol. The first-order valence-electron chi connectivity index (χ1n) is 5.95. The molecule has 0 bridgehead atoms. The van der Waals surface area contributed by atoms with Gasteiger partial charge in [-0.15, -0.1) is 0 Å². The Kier molecular flexibility index (Phi) is 3.55. The number of non-ortho nitro benzene ring substituents is 1. The van der Waals surface area contributed by atoms with Crippen molar-refractivity contribution in [2.45, 2.75) is 26.4 Å². The molecule has 0 fully saturated rings. The van der Waals surface area contributed by atoms with Crippen molar-refractivity contribution >= 4 is 22.7 Å². The molecular formula is C12H13N3O5. The van der Waals surface area contributed by atoms with Crippen LogP contribution in [0.4, 0.5) is 5.69 Å². The fourth-order valence-corrected chi connectivity index (χ4v) is 1.83. The van der Waals surface area contributed by atoms with Gasteiger partial charge >= 0.3 is 5.76 Å². The summed E-state index contributed by atoms with van der Waals surface area (Å²) in [4.78, 5) is 33.5. The second-order valence-electron chi connectivity index (χ2n) is 4.59. The van der Waals surface area contributed by atoms with Gasteiger partial charge in [0, 0.05) is 18.2 Å². The Bertz CT molecular complexity index is 728. The molecule has 1 amide bonds. The number of fused-ring (bicyclic) bond motifs is 1. The summed E-state index contributed by atoms with van der Waals surface area (Å²) >= 11 is 0. The number of hydrogen-bond donors (Lipinski definition) is 1. The quantitative estimate of drug-likeness (QED) is 0.664. The molecule has 1 heterocycles. The van der Waals surface area contributed by atoms with Gasteiger partial charge in [0.1, 0.15) is 6.54 Å². The first kappa shape index (κ1) is 13.8. The number of nitro groups is 1. The minimum absolute atomic E-state index is 0.0642. The fourth-order valence-electron chi connectivity index (χ4n) is 1.83. The van der Waals surface area contributed by atoms with E-state index in [1.165, 1.54) is 18.2 Å². The molecule has 0 radical (unpaired) electrons. The molecule has 0 spiro atoms. The highest BCUT2D eigenvalue weighted by molar-refractivity contribution is 5.80. The number of carbonyl (C=O) groups is 1. The predicted octanol–water partition coefficient (Wildman–Crippen LogP) is 1.03. The van der Waals surface area contributed by atoms with Crippen LogP contribution in [0.2, 0.25) is 0 Å². The lowest BCUT2D eigenvalue weighted by molar-refractivity contribution is -0.384. The molecule has 2 rings (SSSR count). The van der Waals surface area contributed by atoms with Crippen molar-refractivity contribution in [2.24, 2.45) is 0 Å². The number of carbonyl (C=O) groups excluding carboxylic acids is 1. The summed E-state index contributed by atoms with van der Waals surface area (Å²) in [6.07, 6.45) is 0. The van der Waals surface area contributed by atoms with Gasteiger partial charge in [-0.1, -0.05) is 0 Å². The van der Waals surface area contributed by atoms with Gasteiger partial charge in [-0.3, -0.25) is 19.5 Å². The van der Waals surface area contributed by atoms with Crippen molar-refractivity contribution in [1.29, 1.82) is 0 Å². The highest BCUT2D eigenvalue weighted by Gasteiger charge is 2.16. The summed E-state index contributed by atoms with van der Waals surface area (Å²) in [7, 11) is 0. The van der Waals surface area contributed by atoms with Crippen molar-refractivity contribution in [3.05, 3.63) is 38.9 Å². The second-order valence-corrected chi connectivity index (χ2v) is 4.59. The number of aromatic nitrogens is 1. The highest BCUT2D eigenvalue weighted by Crippen LogP contribution is 2.19. The lowest BCUT2D eigenvalue weighted by atomic mass is 10.3. The van der Waals surface area contributed by atoms with Crippen molar-refractivity contribution in [2.75, 3.05) is 0 Å². The van der Waals surface area contributed by atoms with Crippen LogP contribution in [-0.2, 0) is 11.3 Å². The number of amides is 1. The maximum Gasteiger partial charge on any atom is 0.420 e. The van der Waals surface area contributed by atoms with E-state index in [0.717, 1.165) is 4.57 Å². The van der Waals surface area contributed by atoms with Crippen LogP contribution < -0.4 is 11.1 Å². The summed E-state index contributed by atoms with van der Waals surface area (Å²) in [6.45, 7) is 3.34. The molecule has 2 aromatic rings. The zero-order chi connectivity index (χ0) is 14.9. The molecule has 20 heavy (non-hydrogen) atoms. The van der Waals surface area contributed by atoms with Crippen LogP contribution in [0.3, 0.4) is 0 Å². The van der Waals surface area contributed by atoms with E-state index >= 15 is 0 Å². The second kappa shape index (κ2) is 5.16. The minimum atomic E-state index is -0.723. The number of rotatable bonds is 4. The topological polar surface area (TPSA) is 107 Å². The number of oxazole rings is 1. The molecule has 1 aromatic heterocycles. The van der Waals surface area contributed by atoms with Crippen LogP contribution >= 0.6 is 0 Å². The summed E-state index contributed by atoms with van der Waals surface area (Å²) < 4.78 is 6.01. The van der Waals surface area contributed by atoms with Gasteiger partial charge in [0.2, 0.25) is 5.91 Å². The number of benzene rings is 1. The monoisotopic (exact) mass is 279 g/mol. The van der Waals surface area contributed by atoms with E-state index in [1.807, 2.05) is 0 Å². The average Bonchev–Trinajstić information content (AvgIpc) is 2.64. The van der Waals surface area contributed by atoms with E-state index in [4.69, 9.17) is 4.42 Å². The van der Waals surface area contributed by atoms with Crippen molar-refractivity contribution in [1.82, 2.24) is 9.88 Å². The summed E-state index contributed by atoms with van der Waals surface area (Å²) in [5.41, 5.74) is 0.261. The first-order chi connectivity index (χ1) is 9.38. The molecule has 0 aliphatic carbocycles. The van der Waals surface area contributed by atoms with Crippen molar-refractivity contribution in [3.8, 4) is 0 Å². The Morgan fingerprint density at radius 1 is 1.50 bits per heavy atom. The Hall–Kier alpha value is -2.64. The molecule has 1 aromatic carbocycles. The summed E-state index contributed by atoms with van der Waals surface area (Å²) in [5, 5.41) is 13.4. The zero-order valence-corrected chi connectivity index (χ0v) is 11.0. The molecule has 8 heteroatoms. The lowest BCUT2D eigenvalue weighted by Crippen LogP contribution is -2.35. The molecule has 106 valence electrons. The standard InChI is InChI=1S/C12H13N3O5/c1-7(2)13-11(16)6-14-9-5-8(15(18)19)3-4-10(9)20-12(14)17/h3-5,7H,6H2,1-2H3,(H,13,16). The van der Waals surface area contributed by atoms with Crippen LogP contribution in [-0.4, -0.2) is 21.4 Å². The van der Waals surface area contributed by atoms with E-state index in [0.29, 0.717) is 0 Å². The molecule has 0 atom stereocenters. The third-order valence-corrected chi connectivity index (χ3v) is 2.61. The van der Waals surface area contributed by atoms with Gasteiger partial charge in [0.15, 0.2) is 5.58 Å². The van der Waals surface area contributed by atoms with Crippen LogP contribution in [0, 0.1) is 10.1 Å². The van der Waals surface area contributed by atoms with Crippen LogP contribution in [0.25, 0.3) is 11.1 Å². The van der Waals surface area contributed by atoms with Crippen LogP contribution in [0.15, 0.2) is 27.4 Å². The number of nitro benzene ring substituents is 1. The van der Waals surface area contributed by atoms with Crippen LogP contribution in [0.1, 0.15) is 13.8 Å². The first-order valence-corrected chi connectivity index (χ1v) is 5.95. The van der Waals surface area contributed by atoms with Gasteiger partial charge in [-0.05, 0) is 19.9 Å². The molecule has 0 aliphatic heterocycles. The third kappa shape index (κ3) is 2.68. The molecule has 8 nitrogen and oxygen atoms in total. The third-order valence-electron chi connectivity index (χ3n) is 2.61. The number of hydrogen-bond acceptors (Lipinski definition) is 5. The minimum Gasteiger partial charge on any atom is -0.408 e. The van der Waals surface area contributed by atoms with Gasteiger partial charge in [0.05, 0.1) is 10.4 Å². The number of nitrogens with zero attached hydrogens (tertiary/aromatic N) is 2. The Labute approximate surface area is 113 Å². The Morgan fingerprint density at radius 2 is 2.20 bits per heavy atom. The van der Waals surface area contributed by atoms with Crippen molar-refractivity contribution in [3.63, 3.8) is 0 Å². The van der Waals surface area contributed by atoms with Gasteiger partial charge in [0.25, 0.3) is 5.69 Å². The normalized spacial score (nSPS) is 10.9. The van der Waals surface area contributed by atoms with Gasteiger partial charge in [-0.25, -0.2) is 4.79 Å². The summed E-state index contributed by atoms with van der Waals surface area (Å²) in [6, 6.07) is 3.73. The van der Waals surface area contributed by atoms with Gasteiger partial charge < -0.3 is 9.73 Å². The van der Waals surface area contributed by atoms with E-state index in [-0.39, 0.29) is 35.3 Å². The molecule has 0 saturated carbocycles. The molecule has 0 unspecified atom stereocenters. The Balaban J connectivity index is 2.44. The zero-order valence-electron chi connectivity index (χ0n) is 11.0. The molecular weight excluding hydrogens is 266 g/mol. The molecule has 0 aliphatic rings. The Morgan fingerprint density at radius 3 is 2.80 bits per heavy atom. The van der Waals surface area contributed by atoms with E-state index < -0.39 is 10.7 Å². The highest BCUT2D eigenvalue weighted by atomic mass is 16.6. The molecule has 0 saturated heterocycles. The average molecular weight is 279 g/mol. The van der Waals surface area contributed by atoms with E-state index in [9.17, 15) is 19.7 Å². The van der Waals surface area contributed by atoms with E-state index in [2.05, 4.69) is 5.32 Å².